The van der Waals surface area contributed by atoms with E-state index in [2.05, 4.69) is 28.7 Å². The summed E-state index contributed by atoms with van der Waals surface area (Å²) in [6.07, 6.45) is 2.58. The first-order valence-corrected chi connectivity index (χ1v) is 6.00. The molecule has 1 aromatic heterocycles. The number of aromatic nitrogens is 2. The van der Waals surface area contributed by atoms with Crippen molar-refractivity contribution in [2.45, 2.75) is 20.3 Å². The molecule has 1 atom stereocenters. The lowest BCUT2D eigenvalue weighted by atomic mass is 9.95. The summed E-state index contributed by atoms with van der Waals surface area (Å²) in [6.45, 7) is 6.35. The Morgan fingerprint density at radius 1 is 1.59 bits per heavy atom. The molecule has 1 aliphatic rings. The lowest BCUT2D eigenvalue weighted by Crippen LogP contribution is -2.25. The van der Waals surface area contributed by atoms with Gasteiger partial charge in [-0.15, -0.1) is 0 Å². The standard InChI is InChI=1S/C12H19N3O2/c1-8(2)9-4-5-15(6-9)11-10(17-3)12(16)14-7-13-11/h7-9H,4-6H2,1-3H3,(H,13,14,16). The van der Waals surface area contributed by atoms with Crippen LogP contribution in [0.1, 0.15) is 20.3 Å². The maximum absolute atomic E-state index is 11.6. The molecule has 1 fully saturated rings. The summed E-state index contributed by atoms with van der Waals surface area (Å²) in [5.74, 6) is 2.31. The van der Waals surface area contributed by atoms with E-state index in [1.807, 2.05) is 0 Å². The first-order valence-electron chi connectivity index (χ1n) is 6.00. The van der Waals surface area contributed by atoms with Gasteiger partial charge in [0.25, 0.3) is 5.56 Å². The Balaban J connectivity index is 2.24. The predicted octanol–water partition coefficient (Wildman–Crippen LogP) is 1.26. The predicted molar refractivity (Wildman–Crippen MR) is 66.6 cm³/mol. The van der Waals surface area contributed by atoms with Crippen LogP contribution in [0.25, 0.3) is 0 Å². The molecule has 0 aromatic carbocycles. The smallest absolute Gasteiger partial charge is 0.295 e. The van der Waals surface area contributed by atoms with Crippen LogP contribution in [0.4, 0.5) is 5.82 Å². The Bertz CT molecular complexity index is 442. The molecule has 2 heterocycles. The van der Waals surface area contributed by atoms with Gasteiger partial charge >= 0.3 is 0 Å². The molecule has 1 aliphatic heterocycles. The highest BCUT2D eigenvalue weighted by atomic mass is 16.5. The highest BCUT2D eigenvalue weighted by molar-refractivity contribution is 5.51. The minimum atomic E-state index is -0.217. The summed E-state index contributed by atoms with van der Waals surface area (Å²) in [6, 6.07) is 0. The van der Waals surface area contributed by atoms with Gasteiger partial charge in [0.1, 0.15) is 0 Å². The Labute approximate surface area is 101 Å². The molecule has 0 radical (unpaired) electrons. The van der Waals surface area contributed by atoms with E-state index in [0.717, 1.165) is 19.5 Å². The third kappa shape index (κ3) is 2.28. The first-order chi connectivity index (χ1) is 8.13. The third-order valence-corrected chi connectivity index (χ3v) is 3.46. The zero-order valence-electron chi connectivity index (χ0n) is 10.6. The molecule has 5 nitrogen and oxygen atoms in total. The number of ether oxygens (including phenoxy) is 1. The summed E-state index contributed by atoms with van der Waals surface area (Å²) in [5.41, 5.74) is -0.217. The number of methoxy groups -OCH3 is 1. The van der Waals surface area contributed by atoms with Gasteiger partial charge < -0.3 is 14.6 Å². The van der Waals surface area contributed by atoms with E-state index in [1.165, 1.54) is 13.4 Å². The van der Waals surface area contributed by atoms with Crippen LogP contribution in [0.3, 0.4) is 0 Å². The molecule has 0 saturated carbocycles. The van der Waals surface area contributed by atoms with Crippen LogP contribution in [0.15, 0.2) is 11.1 Å². The highest BCUT2D eigenvalue weighted by Gasteiger charge is 2.28. The molecule has 0 amide bonds. The largest absolute Gasteiger partial charge is 0.489 e. The summed E-state index contributed by atoms with van der Waals surface area (Å²) >= 11 is 0. The van der Waals surface area contributed by atoms with Gasteiger partial charge in [-0.1, -0.05) is 13.8 Å². The van der Waals surface area contributed by atoms with Crippen molar-refractivity contribution < 1.29 is 4.74 Å². The van der Waals surface area contributed by atoms with Crippen LogP contribution in [0.2, 0.25) is 0 Å². The summed E-state index contributed by atoms with van der Waals surface area (Å²) in [7, 11) is 1.51. The van der Waals surface area contributed by atoms with Gasteiger partial charge in [0.2, 0.25) is 5.75 Å². The number of aromatic amines is 1. The number of rotatable bonds is 3. The Kier molecular flexibility index (Phi) is 3.36. The zero-order valence-corrected chi connectivity index (χ0v) is 10.6. The monoisotopic (exact) mass is 237 g/mol. The fourth-order valence-electron chi connectivity index (χ4n) is 2.31. The SMILES string of the molecule is COc1c(N2CCC(C(C)C)C2)nc[nH]c1=O. The van der Waals surface area contributed by atoms with E-state index in [9.17, 15) is 4.79 Å². The minimum Gasteiger partial charge on any atom is -0.489 e. The molecule has 0 aliphatic carbocycles. The second kappa shape index (κ2) is 4.77. The van der Waals surface area contributed by atoms with E-state index in [4.69, 9.17) is 4.74 Å². The van der Waals surface area contributed by atoms with Gasteiger partial charge in [-0.3, -0.25) is 4.79 Å². The van der Waals surface area contributed by atoms with Crippen molar-refractivity contribution in [1.29, 1.82) is 0 Å². The van der Waals surface area contributed by atoms with Crippen LogP contribution in [0.5, 0.6) is 5.75 Å². The molecule has 0 bridgehead atoms. The minimum absolute atomic E-state index is 0.217. The van der Waals surface area contributed by atoms with Crippen LogP contribution in [-0.2, 0) is 0 Å². The van der Waals surface area contributed by atoms with Crippen LogP contribution < -0.4 is 15.2 Å². The summed E-state index contributed by atoms with van der Waals surface area (Å²) in [5, 5.41) is 0. The molecular formula is C12H19N3O2. The van der Waals surface area contributed by atoms with Crippen molar-refractivity contribution in [3.05, 3.63) is 16.7 Å². The van der Waals surface area contributed by atoms with Crippen LogP contribution in [0, 0.1) is 11.8 Å². The lowest BCUT2D eigenvalue weighted by Gasteiger charge is -2.20. The number of hydrogen-bond acceptors (Lipinski definition) is 4. The van der Waals surface area contributed by atoms with E-state index in [0.29, 0.717) is 23.4 Å². The number of nitrogens with zero attached hydrogens (tertiary/aromatic N) is 2. The van der Waals surface area contributed by atoms with Crippen molar-refractivity contribution in [2.75, 3.05) is 25.1 Å². The number of hydrogen-bond donors (Lipinski definition) is 1. The number of H-pyrrole nitrogens is 1. The zero-order chi connectivity index (χ0) is 12.4. The molecule has 17 heavy (non-hydrogen) atoms. The maximum Gasteiger partial charge on any atom is 0.295 e. The second-order valence-corrected chi connectivity index (χ2v) is 4.83. The molecule has 1 aromatic rings. The van der Waals surface area contributed by atoms with Crippen molar-refractivity contribution in [3.8, 4) is 5.75 Å². The van der Waals surface area contributed by atoms with Crippen molar-refractivity contribution in [2.24, 2.45) is 11.8 Å². The average Bonchev–Trinajstić information content (AvgIpc) is 2.77. The second-order valence-electron chi connectivity index (χ2n) is 4.83. The molecule has 2 rings (SSSR count). The van der Waals surface area contributed by atoms with Crippen LogP contribution in [-0.4, -0.2) is 30.2 Å². The molecule has 0 spiro atoms. The number of anilines is 1. The van der Waals surface area contributed by atoms with Crippen molar-refractivity contribution in [3.63, 3.8) is 0 Å². The van der Waals surface area contributed by atoms with Crippen molar-refractivity contribution >= 4 is 5.82 Å². The van der Waals surface area contributed by atoms with Crippen molar-refractivity contribution in [1.82, 2.24) is 9.97 Å². The molecular weight excluding hydrogens is 218 g/mol. The Morgan fingerprint density at radius 2 is 2.35 bits per heavy atom. The Hall–Kier alpha value is -1.52. The molecule has 1 unspecified atom stereocenters. The fraction of sp³-hybridized carbons (Fsp3) is 0.667. The molecule has 1 N–H and O–H groups in total. The van der Waals surface area contributed by atoms with E-state index >= 15 is 0 Å². The average molecular weight is 237 g/mol. The lowest BCUT2D eigenvalue weighted by molar-refractivity contribution is 0.403. The summed E-state index contributed by atoms with van der Waals surface area (Å²) < 4.78 is 5.14. The van der Waals surface area contributed by atoms with Gasteiger partial charge in [-0.2, -0.15) is 0 Å². The van der Waals surface area contributed by atoms with E-state index < -0.39 is 0 Å². The summed E-state index contributed by atoms with van der Waals surface area (Å²) in [4.78, 5) is 20.5. The maximum atomic E-state index is 11.6. The van der Waals surface area contributed by atoms with Crippen LogP contribution >= 0.6 is 0 Å². The van der Waals surface area contributed by atoms with Gasteiger partial charge in [-0.25, -0.2) is 4.98 Å². The van der Waals surface area contributed by atoms with Gasteiger partial charge in [0.15, 0.2) is 5.82 Å². The first kappa shape index (κ1) is 12.0. The Morgan fingerprint density at radius 3 is 2.94 bits per heavy atom. The molecule has 1 saturated heterocycles. The van der Waals surface area contributed by atoms with Gasteiger partial charge in [-0.05, 0) is 18.3 Å². The highest BCUT2D eigenvalue weighted by Crippen LogP contribution is 2.30. The quantitative estimate of drug-likeness (QED) is 0.860. The normalized spacial score (nSPS) is 20.0. The fourth-order valence-corrected chi connectivity index (χ4v) is 2.31. The topological polar surface area (TPSA) is 58.2 Å². The van der Waals surface area contributed by atoms with Gasteiger partial charge in [0, 0.05) is 13.1 Å². The van der Waals surface area contributed by atoms with Gasteiger partial charge in [0.05, 0.1) is 13.4 Å². The molecule has 94 valence electrons. The molecule has 5 heteroatoms. The van der Waals surface area contributed by atoms with E-state index in [-0.39, 0.29) is 5.56 Å². The number of nitrogens with one attached hydrogen (secondary N) is 1. The van der Waals surface area contributed by atoms with E-state index in [1.54, 1.807) is 0 Å². The third-order valence-electron chi connectivity index (χ3n) is 3.46.